The van der Waals surface area contributed by atoms with Crippen molar-refractivity contribution in [1.29, 1.82) is 0 Å². The predicted octanol–water partition coefficient (Wildman–Crippen LogP) is 0.108. The van der Waals surface area contributed by atoms with Gasteiger partial charge < -0.3 is 19.5 Å². The highest BCUT2D eigenvalue weighted by molar-refractivity contribution is 5.78. The van der Waals surface area contributed by atoms with Crippen LogP contribution >= 0.6 is 0 Å². The molecule has 0 spiro atoms. The molecule has 2 aliphatic rings. The van der Waals surface area contributed by atoms with E-state index in [1.165, 1.54) is 18.2 Å². The number of hydrogen-bond acceptors (Lipinski definition) is 5. The maximum Gasteiger partial charge on any atom is 0.260 e. The molecule has 2 atom stereocenters. The predicted molar refractivity (Wildman–Crippen MR) is 80.7 cm³/mol. The smallest absolute Gasteiger partial charge is 0.260 e. The molecule has 0 aromatic heterocycles. The zero-order valence-corrected chi connectivity index (χ0v) is 12.9. The first-order valence-electron chi connectivity index (χ1n) is 7.79. The number of likely N-dealkylation sites (tertiary alicyclic amines) is 1. The van der Waals surface area contributed by atoms with E-state index in [0.717, 1.165) is 13.1 Å². The van der Waals surface area contributed by atoms with E-state index in [2.05, 4.69) is 4.90 Å². The van der Waals surface area contributed by atoms with Crippen molar-refractivity contribution in [2.45, 2.75) is 12.1 Å². The van der Waals surface area contributed by atoms with E-state index >= 15 is 0 Å². The number of halogens is 1. The van der Waals surface area contributed by atoms with Crippen molar-refractivity contribution in [2.24, 2.45) is 0 Å². The van der Waals surface area contributed by atoms with Crippen LogP contribution in [0.5, 0.6) is 5.75 Å². The fourth-order valence-electron chi connectivity index (χ4n) is 3.03. The Morgan fingerprint density at radius 2 is 2.13 bits per heavy atom. The lowest BCUT2D eigenvalue weighted by Gasteiger charge is -2.33. The van der Waals surface area contributed by atoms with Crippen LogP contribution in [-0.2, 0) is 9.53 Å². The van der Waals surface area contributed by atoms with E-state index in [9.17, 15) is 14.3 Å². The van der Waals surface area contributed by atoms with Crippen molar-refractivity contribution in [3.8, 4) is 5.75 Å². The molecule has 7 heteroatoms. The van der Waals surface area contributed by atoms with Gasteiger partial charge in [-0.3, -0.25) is 9.69 Å². The number of rotatable bonds is 4. The van der Waals surface area contributed by atoms with E-state index in [-0.39, 0.29) is 18.6 Å². The summed E-state index contributed by atoms with van der Waals surface area (Å²) in [7, 11) is 0. The first-order chi connectivity index (χ1) is 11.1. The lowest BCUT2D eigenvalue weighted by molar-refractivity contribution is -0.132. The molecule has 2 fully saturated rings. The van der Waals surface area contributed by atoms with Gasteiger partial charge in [-0.2, -0.15) is 0 Å². The Balaban J connectivity index is 1.52. The number of hydrogen-bond donors (Lipinski definition) is 1. The van der Waals surface area contributed by atoms with Crippen LogP contribution in [0.4, 0.5) is 4.39 Å². The third-order valence-corrected chi connectivity index (χ3v) is 4.28. The second kappa shape index (κ2) is 7.25. The van der Waals surface area contributed by atoms with Crippen LogP contribution in [0.1, 0.15) is 0 Å². The molecule has 0 radical (unpaired) electrons. The Kier molecular flexibility index (Phi) is 5.09. The number of aliphatic hydroxyl groups excluding tert-OH is 1. The Hall–Kier alpha value is -1.70. The highest BCUT2D eigenvalue weighted by atomic mass is 19.1. The zero-order valence-electron chi connectivity index (χ0n) is 12.9. The number of carbonyl (C=O) groups excluding carboxylic acids is 1. The van der Waals surface area contributed by atoms with Gasteiger partial charge in [-0.25, -0.2) is 4.39 Å². The fourth-order valence-corrected chi connectivity index (χ4v) is 3.03. The summed E-state index contributed by atoms with van der Waals surface area (Å²) in [4.78, 5) is 16.0. The average Bonchev–Trinajstić information content (AvgIpc) is 2.95. The van der Waals surface area contributed by atoms with Gasteiger partial charge in [-0.05, 0) is 12.1 Å². The monoisotopic (exact) mass is 324 g/mol. The van der Waals surface area contributed by atoms with Crippen molar-refractivity contribution in [3.63, 3.8) is 0 Å². The first-order valence-corrected chi connectivity index (χ1v) is 7.79. The highest BCUT2D eigenvalue weighted by Gasteiger charge is 2.38. The summed E-state index contributed by atoms with van der Waals surface area (Å²) in [6.45, 7) is 3.46. The summed E-state index contributed by atoms with van der Waals surface area (Å²) in [5.74, 6) is -0.286. The molecule has 1 aromatic carbocycles. The number of benzene rings is 1. The minimum absolute atomic E-state index is 0.0583. The SMILES string of the molecule is O=C(COc1cccc(F)c1)N1C[C@@H](O)[C@H](N2CCOCC2)C1. The number of ether oxygens (including phenoxy) is 2. The summed E-state index contributed by atoms with van der Waals surface area (Å²) >= 11 is 0. The van der Waals surface area contributed by atoms with Gasteiger partial charge in [0.15, 0.2) is 6.61 Å². The summed E-state index contributed by atoms with van der Waals surface area (Å²) in [6, 6.07) is 5.63. The first kappa shape index (κ1) is 16.2. The molecule has 0 bridgehead atoms. The maximum absolute atomic E-state index is 13.1. The van der Waals surface area contributed by atoms with Crippen LogP contribution in [0.3, 0.4) is 0 Å². The minimum Gasteiger partial charge on any atom is -0.484 e. The second-order valence-electron chi connectivity index (χ2n) is 5.83. The van der Waals surface area contributed by atoms with E-state index in [0.29, 0.717) is 32.1 Å². The van der Waals surface area contributed by atoms with Crippen LogP contribution in [0, 0.1) is 5.82 Å². The van der Waals surface area contributed by atoms with Crippen LogP contribution in [0.25, 0.3) is 0 Å². The van der Waals surface area contributed by atoms with Crippen LogP contribution < -0.4 is 4.74 Å². The van der Waals surface area contributed by atoms with Crippen molar-refractivity contribution in [3.05, 3.63) is 30.1 Å². The molecule has 2 saturated heterocycles. The van der Waals surface area contributed by atoms with Gasteiger partial charge >= 0.3 is 0 Å². The second-order valence-corrected chi connectivity index (χ2v) is 5.83. The van der Waals surface area contributed by atoms with Crippen molar-refractivity contribution < 1.29 is 23.8 Å². The molecule has 2 aliphatic heterocycles. The molecule has 1 N–H and O–H groups in total. The minimum atomic E-state index is -0.564. The number of nitrogens with zero attached hydrogens (tertiary/aromatic N) is 2. The van der Waals surface area contributed by atoms with Crippen LogP contribution in [0.15, 0.2) is 24.3 Å². The summed E-state index contributed by atoms with van der Waals surface area (Å²) in [5.41, 5.74) is 0. The maximum atomic E-state index is 13.1. The molecule has 2 heterocycles. The Bertz CT molecular complexity index is 551. The van der Waals surface area contributed by atoms with Gasteiger partial charge in [0.25, 0.3) is 5.91 Å². The van der Waals surface area contributed by atoms with Gasteiger partial charge in [0.2, 0.25) is 0 Å². The largest absolute Gasteiger partial charge is 0.484 e. The Morgan fingerprint density at radius 1 is 1.35 bits per heavy atom. The molecule has 3 rings (SSSR count). The lowest BCUT2D eigenvalue weighted by atomic mass is 10.2. The van der Waals surface area contributed by atoms with Gasteiger partial charge in [-0.1, -0.05) is 6.07 Å². The third-order valence-electron chi connectivity index (χ3n) is 4.28. The van der Waals surface area contributed by atoms with Crippen molar-refractivity contribution >= 4 is 5.91 Å². The number of β-amino-alcohol motifs (C(OH)–C–C–N with tert-alkyl or cyclic N) is 1. The summed E-state index contributed by atoms with van der Waals surface area (Å²) in [5, 5.41) is 10.2. The molecule has 0 saturated carbocycles. The molecule has 1 aromatic rings. The number of aliphatic hydroxyl groups is 1. The summed E-state index contributed by atoms with van der Waals surface area (Å²) in [6.07, 6.45) is -0.564. The van der Waals surface area contributed by atoms with Crippen molar-refractivity contribution in [2.75, 3.05) is 46.0 Å². The lowest BCUT2D eigenvalue weighted by Crippen LogP contribution is -2.49. The normalized spacial score (nSPS) is 25.6. The van der Waals surface area contributed by atoms with E-state index in [1.807, 2.05) is 0 Å². The van der Waals surface area contributed by atoms with Gasteiger partial charge in [-0.15, -0.1) is 0 Å². The van der Waals surface area contributed by atoms with E-state index in [4.69, 9.17) is 9.47 Å². The molecule has 23 heavy (non-hydrogen) atoms. The number of morpholine rings is 1. The van der Waals surface area contributed by atoms with Crippen molar-refractivity contribution in [1.82, 2.24) is 9.80 Å². The summed E-state index contributed by atoms with van der Waals surface area (Å²) < 4.78 is 23.7. The van der Waals surface area contributed by atoms with Crippen LogP contribution in [0.2, 0.25) is 0 Å². The standard InChI is InChI=1S/C16H21FN2O4/c17-12-2-1-3-13(8-12)23-11-16(21)19-9-14(15(20)10-19)18-4-6-22-7-5-18/h1-3,8,14-15,20H,4-7,9-11H2/t14-,15-/m1/s1. The molecular formula is C16H21FN2O4. The van der Waals surface area contributed by atoms with E-state index in [1.54, 1.807) is 11.0 Å². The molecule has 0 unspecified atom stereocenters. The van der Waals surface area contributed by atoms with Gasteiger partial charge in [0.1, 0.15) is 11.6 Å². The Morgan fingerprint density at radius 3 is 2.87 bits per heavy atom. The molecule has 6 nitrogen and oxygen atoms in total. The van der Waals surface area contributed by atoms with E-state index < -0.39 is 11.9 Å². The topological polar surface area (TPSA) is 62.2 Å². The molecule has 0 aliphatic carbocycles. The zero-order chi connectivity index (χ0) is 16.2. The molecular weight excluding hydrogens is 303 g/mol. The van der Waals surface area contributed by atoms with Gasteiger partial charge in [0.05, 0.1) is 25.4 Å². The average molecular weight is 324 g/mol. The fraction of sp³-hybridized carbons (Fsp3) is 0.562. The third kappa shape index (κ3) is 3.99. The number of carbonyl (C=O) groups is 1. The quantitative estimate of drug-likeness (QED) is 0.852. The van der Waals surface area contributed by atoms with Crippen LogP contribution in [-0.4, -0.2) is 79.0 Å². The Labute approximate surface area is 134 Å². The van der Waals surface area contributed by atoms with Gasteiger partial charge in [0, 0.05) is 32.2 Å². The molecule has 1 amide bonds. The highest BCUT2D eigenvalue weighted by Crippen LogP contribution is 2.18. The number of amides is 1. The molecule has 126 valence electrons.